The fraction of sp³-hybridized carbons (Fsp3) is 0.250. The number of fused-ring (bicyclic) bond motifs is 1. The second kappa shape index (κ2) is 8.81. The van der Waals surface area contributed by atoms with Gasteiger partial charge in [0.15, 0.2) is 0 Å². The number of hydrogen-bond donors (Lipinski definition) is 1. The normalized spacial score (nSPS) is 14.5. The quantitative estimate of drug-likeness (QED) is 0.571. The summed E-state index contributed by atoms with van der Waals surface area (Å²) >= 11 is 0. The Labute approximate surface area is 195 Å². The monoisotopic (exact) mass is 486 g/mol. The topological polar surface area (TPSA) is 92.8 Å². The van der Waals surface area contributed by atoms with Gasteiger partial charge in [0.2, 0.25) is 10.0 Å². The molecule has 1 N–H and O–H groups in total. The molecule has 0 aromatic heterocycles. The molecule has 0 aliphatic carbocycles. The first-order valence-corrected chi connectivity index (χ1v) is 13.4. The van der Waals surface area contributed by atoms with E-state index in [1.54, 1.807) is 75.6 Å². The van der Waals surface area contributed by atoms with Crippen LogP contribution in [-0.2, 0) is 33.0 Å². The standard InChI is InChI=1S/C24H26N2O5S2/c1-17-13-23(14-18(2)24(17)31-3)32(27,28)25-21-10-9-19-11-12-26(16-20(19)15-21)33(29,30)22-7-5-4-6-8-22/h4-10,13-15,25H,11-12,16H2,1-3H3. The van der Waals surface area contributed by atoms with Gasteiger partial charge < -0.3 is 4.74 Å². The highest BCUT2D eigenvalue weighted by Gasteiger charge is 2.28. The van der Waals surface area contributed by atoms with Crippen LogP contribution >= 0.6 is 0 Å². The van der Waals surface area contributed by atoms with E-state index in [1.165, 1.54) is 4.31 Å². The molecule has 3 aromatic rings. The Bertz CT molecular complexity index is 1380. The molecule has 9 heteroatoms. The average molecular weight is 487 g/mol. The van der Waals surface area contributed by atoms with Crippen LogP contribution in [0.2, 0.25) is 0 Å². The number of anilines is 1. The predicted molar refractivity (Wildman–Crippen MR) is 127 cm³/mol. The van der Waals surface area contributed by atoms with Crippen LogP contribution in [0.15, 0.2) is 70.5 Å². The zero-order chi connectivity index (χ0) is 23.8. The fourth-order valence-corrected chi connectivity index (χ4v) is 6.80. The third-order valence-corrected chi connectivity index (χ3v) is 8.99. The van der Waals surface area contributed by atoms with Crippen LogP contribution in [0.5, 0.6) is 5.75 Å². The number of benzene rings is 3. The molecule has 0 saturated carbocycles. The van der Waals surface area contributed by atoms with E-state index < -0.39 is 20.0 Å². The molecule has 0 bridgehead atoms. The summed E-state index contributed by atoms with van der Waals surface area (Å²) in [5.41, 5.74) is 3.63. The van der Waals surface area contributed by atoms with E-state index in [0.29, 0.717) is 24.4 Å². The van der Waals surface area contributed by atoms with E-state index in [-0.39, 0.29) is 16.3 Å². The molecule has 0 saturated heterocycles. The highest BCUT2D eigenvalue weighted by Crippen LogP contribution is 2.30. The van der Waals surface area contributed by atoms with Gasteiger partial charge in [-0.15, -0.1) is 0 Å². The summed E-state index contributed by atoms with van der Waals surface area (Å²) in [5, 5.41) is 0. The van der Waals surface area contributed by atoms with Crippen LogP contribution in [0.1, 0.15) is 22.3 Å². The molecule has 0 radical (unpaired) electrons. The van der Waals surface area contributed by atoms with E-state index in [4.69, 9.17) is 4.74 Å². The van der Waals surface area contributed by atoms with Gasteiger partial charge in [0, 0.05) is 18.8 Å². The van der Waals surface area contributed by atoms with Gasteiger partial charge in [-0.05, 0) is 78.9 Å². The molecule has 1 aliphatic heterocycles. The summed E-state index contributed by atoms with van der Waals surface area (Å²) in [4.78, 5) is 0.389. The van der Waals surface area contributed by atoms with E-state index in [9.17, 15) is 16.8 Å². The van der Waals surface area contributed by atoms with Gasteiger partial charge in [-0.25, -0.2) is 16.8 Å². The number of nitrogens with zero attached hydrogens (tertiary/aromatic N) is 1. The Balaban J connectivity index is 1.60. The zero-order valence-corrected chi connectivity index (χ0v) is 20.3. The molecule has 174 valence electrons. The highest BCUT2D eigenvalue weighted by atomic mass is 32.2. The largest absolute Gasteiger partial charge is 0.496 e. The molecule has 33 heavy (non-hydrogen) atoms. The first-order chi connectivity index (χ1) is 15.6. The van der Waals surface area contributed by atoms with Gasteiger partial charge in [-0.1, -0.05) is 24.3 Å². The molecule has 0 unspecified atom stereocenters. The third-order valence-electron chi connectivity index (χ3n) is 5.76. The summed E-state index contributed by atoms with van der Waals surface area (Å²) in [6.45, 7) is 4.15. The fourth-order valence-electron chi connectivity index (χ4n) is 4.14. The van der Waals surface area contributed by atoms with Crippen molar-refractivity contribution in [2.45, 2.75) is 36.6 Å². The van der Waals surface area contributed by atoms with Crippen LogP contribution in [-0.4, -0.2) is 34.8 Å². The van der Waals surface area contributed by atoms with Crippen molar-refractivity contribution >= 4 is 25.7 Å². The molecular formula is C24H26N2O5S2. The number of methoxy groups -OCH3 is 1. The molecule has 0 fully saturated rings. The van der Waals surface area contributed by atoms with Crippen molar-refractivity contribution in [3.05, 3.63) is 82.9 Å². The summed E-state index contributed by atoms with van der Waals surface area (Å²) in [6, 6.07) is 16.7. The number of rotatable bonds is 6. The summed E-state index contributed by atoms with van der Waals surface area (Å²) in [7, 11) is -5.91. The van der Waals surface area contributed by atoms with Gasteiger partial charge in [0.1, 0.15) is 5.75 Å². The van der Waals surface area contributed by atoms with Crippen molar-refractivity contribution in [1.29, 1.82) is 0 Å². The van der Waals surface area contributed by atoms with E-state index in [0.717, 1.165) is 22.3 Å². The molecule has 3 aromatic carbocycles. The lowest BCUT2D eigenvalue weighted by Gasteiger charge is -2.28. The predicted octanol–water partition coefficient (Wildman–Crippen LogP) is 3.86. The van der Waals surface area contributed by atoms with Gasteiger partial charge >= 0.3 is 0 Å². The number of aryl methyl sites for hydroxylation is 2. The van der Waals surface area contributed by atoms with Crippen LogP contribution in [0.25, 0.3) is 0 Å². The third kappa shape index (κ3) is 4.62. The van der Waals surface area contributed by atoms with Gasteiger partial charge in [0.25, 0.3) is 10.0 Å². The Morgan fingerprint density at radius 3 is 2.15 bits per heavy atom. The zero-order valence-electron chi connectivity index (χ0n) is 18.7. The van der Waals surface area contributed by atoms with Crippen molar-refractivity contribution in [2.75, 3.05) is 18.4 Å². The number of nitrogens with one attached hydrogen (secondary N) is 1. The SMILES string of the molecule is COc1c(C)cc(S(=O)(=O)Nc2ccc3c(c2)CN(S(=O)(=O)c2ccccc2)CC3)cc1C. The van der Waals surface area contributed by atoms with Crippen molar-refractivity contribution in [1.82, 2.24) is 4.31 Å². The average Bonchev–Trinajstić information content (AvgIpc) is 2.78. The minimum absolute atomic E-state index is 0.143. The van der Waals surface area contributed by atoms with Crippen LogP contribution in [0.3, 0.4) is 0 Å². The van der Waals surface area contributed by atoms with Crippen LogP contribution in [0.4, 0.5) is 5.69 Å². The first kappa shape index (κ1) is 23.3. The summed E-state index contributed by atoms with van der Waals surface area (Å²) < 4.78 is 61.5. The van der Waals surface area contributed by atoms with E-state index in [1.807, 2.05) is 6.07 Å². The number of hydrogen-bond acceptors (Lipinski definition) is 5. The molecule has 0 atom stereocenters. The maximum atomic E-state index is 13.0. The number of ether oxygens (including phenoxy) is 1. The molecule has 0 spiro atoms. The smallest absolute Gasteiger partial charge is 0.261 e. The molecule has 1 aliphatic rings. The second-order valence-corrected chi connectivity index (χ2v) is 11.7. The highest BCUT2D eigenvalue weighted by molar-refractivity contribution is 7.92. The Kier molecular flexibility index (Phi) is 6.22. The molecule has 1 heterocycles. The maximum Gasteiger partial charge on any atom is 0.261 e. The van der Waals surface area contributed by atoms with Crippen molar-refractivity contribution in [3.8, 4) is 5.75 Å². The Morgan fingerprint density at radius 1 is 0.848 bits per heavy atom. The van der Waals surface area contributed by atoms with E-state index >= 15 is 0 Å². The summed E-state index contributed by atoms with van der Waals surface area (Å²) in [5.74, 6) is 0.655. The number of sulfonamides is 2. The van der Waals surface area contributed by atoms with Crippen molar-refractivity contribution in [2.24, 2.45) is 0 Å². The maximum absolute atomic E-state index is 13.0. The lowest BCUT2D eigenvalue weighted by molar-refractivity contribution is 0.391. The Morgan fingerprint density at radius 2 is 1.52 bits per heavy atom. The van der Waals surface area contributed by atoms with Gasteiger partial charge in [-0.3, -0.25) is 4.72 Å². The minimum atomic E-state index is -3.83. The second-order valence-electron chi connectivity index (χ2n) is 8.08. The van der Waals surface area contributed by atoms with E-state index in [2.05, 4.69) is 4.72 Å². The first-order valence-electron chi connectivity index (χ1n) is 10.5. The molecular weight excluding hydrogens is 460 g/mol. The Hall–Kier alpha value is -2.88. The summed E-state index contributed by atoms with van der Waals surface area (Å²) in [6.07, 6.45) is 0.561. The molecule has 7 nitrogen and oxygen atoms in total. The van der Waals surface area contributed by atoms with Gasteiger partial charge in [0.05, 0.1) is 16.9 Å². The van der Waals surface area contributed by atoms with Crippen LogP contribution < -0.4 is 9.46 Å². The minimum Gasteiger partial charge on any atom is -0.496 e. The van der Waals surface area contributed by atoms with Crippen molar-refractivity contribution in [3.63, 3.8) is 0 Å². The lowest BCUT2D eigenvalue weighted by atomic mass is 10.0. The van der Waals surface area contributed by atoms with Crippen molar-refractivity contribution < 1.29 is 21.6 Å². The van der Waals surface area contributed by atoms with Crippen LogP contribution in [0, 0.1) is 13.8 Å². The molecule has 0 amide bonds. The lowest BCUT2D eigenvalue weighted by Crippen LogP contribution is -2.36. The molecule has 4 rings (SSSR count). The van der Waals surface area contributed by atoms with Gasteiger partial charge in [-0.2, -0.15) is 4.31 Å².